The molecule has 0 radical (unpaired) electrons. The minimum atomic E-state index is -4.62. The number of carbonyl (C=O) groups excluding carboxylic acids is 2. The van der Waals surface area contributed by atoms with Crippen LogP contribution in [0.4, 0.5) is 23.2 Å². The fourth-order valence-electron chi connectivity index (χ4n) is 3.66. The summed E-state index contributed by atoms with van der Waals surface area (Å²) in [5, 5.41) is 2.64. The molecule has 1 heterocycles. The van der Waals surface area contributed by atoms with Crippen LogP contribution in [0.2, 0.25) is 0 Å². The number of anilines is 1. The van der Waals surface area contributed by atoms with Crippen molar-refractivity contribution < 1.29 is 27.2 Å². The second-order valence-corrected chi connectivity index (χ2v) is 7.10. The summed E-state index contributed by atoms with van der Waals surface area (Å²) in [6, 6.07) is 15.6. The maximum Gasteiger partial charge on any atom is 0.416 e. The topological polar surface area (TPSA) is 49.4 Å². The van der Waals surface area contributed by atoms with Crippen LogP contribution in [0.5, 0.6) is 0 Å². The fourth-order valence-corrected chi connectivity index (χ4v) is 3.66. The molecule has 4 nitrogen and oxygen atoms in total. The number of hydrogen-bond acceptors (Lipinski definition) is 2. The lowest BCUT2D eigenvalue weighted by molar-refractivity contribution is -0.137. The van der Waals surface area contributed by atoms with E-state index in [-0.39, 0.29) is 5.56 Å². The molecule has 8 heteroatoms. The molecule has 0 spiro atoms. The predicted octanol–water partition coefficient (Wildman–Crippen LogP) is 5.03. The number of rotatable bonds is 2. The van der Waals surface area contributed by atoms with Gasteiger partial charge in [0.15, 0.2) is 0 Å². The largest absolute Gasteiger partial charge is 0.416 e. The number of carbonyl (C=O) groups is 2. The third-order valence-corrected chi connectivity index (χ3v) is 5.02. The first-order valence-corrected chi connectivity index (χ1v) is 9.36. The summed E-state index contributed by atoms with van der Waals surface area (Å²) in [5.74, 6) is -1.87. The SMILES string of the molecule is O=C1CN(C(=O)c2cccc(C(F)(F)F)c2)[C@@H](c2ccccc2)c2cc(F)ccc2N1. The van der Waals surface area contributed by atoms with Crippen LogP contribution in [0, 0.1) is 5.82 Å². The van der Waals surface area contributed by atoms with Crippen LogP contribution < -0.4 is 5.32 Å². The zero-order valence-corrected chi connectivity index (χ0v) is 16.0. The van der Waals surface area contributed by atoms with Crippen LogP contribution >= 0.6 is 0 Å². The lowest BCUT2D eigenvalue weighted by atomic mass is 9.95. The number of fused-ring (bicyclic) bond motifs is 1. The molecule has 1 N–H and O–H groups in total. The first kappa shape index (κ1) is 20.6. The van der Waals surface area contributed by atoms with Crippen LogP contribution in [0.15, 0.2) is 72.8 Å². The third-order valence-electron chi connectivity index (χ3n) is 5.02. The van der Waals surface area contributed by atoms with E-state index in [0.29, 0.717) is 16.8 Å². The molecule has 0 bridgehead atoms. The monoisotopic (exact) mass is 428 g/mol. The van der Waals surface area contributed by atoms with Gasteiger partial charge in [0.1, 0.15) is 12.4 Å². The second kappa shape index (κ2) is 7.86. The molecule has 3 aromatic rings. The van der Waals surface area contributed by atoms with Crippen molar-refractivity contribution >= 4 is 17.5 Å². The number of benzene rings is 3. The van der Waals surface area contributed by atoms with E-state index >= 15 is 0 Å². The van der Waals surface area contributed by atoms with Crippen LogP contribution in [-0.2, 0) is 11.0 Å². The van der Waals surface area contributed by atoms with Crippen molar-refractivity contribution in [3.63, 3.8) is 0 Å². The molecule has 31 heavy (non-hydrogen) atoms. The Morgan fingerprint density at radius 2 is 1.71 bits per heavy atom. The van der Waals surface area contributed by atoms with Crippen LogP contribution in [0.1, 0.15) is 33.1 Å². The Balaban J connectivity index is 1.86. The van der Waals surface area contributed by atoms with Gasteiger partial charge in [-0.25, -0.2) is 4.39 Å². The third kappa shape index (κ3) is 4.14. The normalized spacial score (nSPS) is 16.3. The summed E-state index contributed by atoms with van der Waals surface area (Å²) >= 11 is 0. The Morgan fingerprint density at radius 1 is 0.968 bits per heavy atom. The second-order valence-electron chi connectivity index (χ2n) is 7.10. The van der Waals surface area contributed by atoms with E-state index in [1.54, 1.807) is 30.3 Å². The molecular formula is C23H16F4N2O2. The lowest BCUT2D eigenvalue weighted by Crippen LogP contribution is -2.39. The predicted molar refractivity (Wildman–Crippen MR) is 106 cm³/mol. The molecule has 0 saturated carbocycles. The number of nitrogens with zero attached hydrogens (tertiary/aromatic N) is 1. The molecule has 1 atom stereocenters. The van der Waals surface area contributed by atoms with Gasteiger partial charge in [0.25, 0.3) is 5.91 Å². The number of halogens is 4. The van der Waals surface area contributed by atoms with Crippen molar-refractivity contribution in [3.05, 3.63) is 101 Å². The van der Waals surface area contributed by atoms with Crippen LogP contribution in [0.3, 0.4) is 0 Å². The molecule has 1 aliphatic rings. The summed E-state index contributed by atoms with van der Waals surface area (Å²) in [5.41, 5.74) is 0.0619. The molecule has 0 saturated heterocycles. The quantitative estimate of drug-likeness (QED) is 0.583. The first-order chi connectivity index (χ1) is 14.7. The number of hydrogen-bond donors (Lipinski definition) is 1. The summed E-state index contributed by atoms with van der Waals surface area (Å²) in [6.45, 7) is -0.412. The molecule has 2 amide bonds. The Labute approximate surface area is 175 Å². The summed E-state index contributed by atoms with van der Waals surface area (Å²) in [7, 11) is 0. The zero-order chi connectivity index (χ0) is 22.2. The molecular weight excluding hydrogens is 412 g/mol. The van der Waals surface area contributed by atoms with Crippen molar-refractivity contribution in [3.8, 4) is 0 Å². The van der Waals surface area contributed by atoms with Gasteiger partial charge in [0, 0.05) is 16.8 Å². The highest BCUT2D eigenvalue weighted by atomic mass is 19.4. The Kier molecular flexibility index (Phi) is 5.22. The average Bonchev–Trinajstić information content (AvgIpc) is 2.89. The summed E-state index contributed by atoms with van der Waals surface area (Å²) < 4.78 is 53.6. The van der Waals surface area contributed by atoms with Crippen LogP contribution in [-0.4, -0.2) is 23.3 Å². The highest BCUT2D eigenvalue weighted by Gasteiger charge is 2.36. The van der Waals surface area contributed by atoms with Crippen molar-refractivity contribution in [2.45, 2.75) is 12.2 Å². The van der Waals surface area contributed by atoms with E-state index in [1.165, 1.54) is 24.3 Å². The number of nitrogens with one attached hydrogen (secondary N) is 1. The fraction of sp³-hybridized carbons (Fsp3) is 0.130. The van der Waals surface area contributed by atoms with Gasteiger partial charge in [-0.1, -0.05) is 36.4 Å². The Hall–Kier alpha value is -3.68. The standard InChI is InChI=1S/C23H16F4N2O2/c24-17-9-10-19-18(12-17)21(14-5-2-1-3-6-14)29(13-20(30)28-19)22(31)15-7-4-8-16(11-15)23(25,26)27/h1-12,21H,13H2,(H,28,30)/t21-/m0/s1. The van der Waals surface area contributed by atoms with Crippen LogP contribution in [0.25, 0.3) is 0 Å². The smallest absolute Gasteiger partial charge is 0.324 e. The average molecular weight is 428 g/mol. The molecule has 0 aromatic heterocycles. The van der Waals surface area contributed by atoms with Gasteiger partial charge in [-0.05, 0) is 42.0 Å². The van der Waals surface area contributed by atoms with Crippen molar-refractivity contribution in [1.29, 1.82) is 0 Å². The number of alkyl halides is 3. The molecule has 0 fully saturated rings. The minimum Gasteiger partial charge on any atom is -0.324 e. The van der Waals surface area contributed by atoms with Gasteiger partial charge in [-0.2, -0.15) is 13.2 Å². The van der Waals surface area contributed by atoms with Crippen molar-refractivity contribution in [2.24, 2.45) is 0 Å². The highest BCUT2D eigenvalue weighted by molar-refractivity contribution is 6.01. The van der Waals surface area contributed by atoms with Gasteiger partial charge < -0.3 is 10.2 Å². The van der Waals surface area contributed by atoms with Gasteiger partial charge in [0.05, 0.1) is 11.6 Å². The molecule has 0 unspecified atom stereocenters. The van der Waals surface area contributed by atoms with Gasteiger partial charge in [-0.3, -0.25) is 9.59 Å². The molecule has 4 rings (SSSR count). The zero-order valence-electron chi connectivity index (χ0n) is 16.0. The van der Waals surface area contributed by atoms with E-state index in [9.17, 15) is 27.2 Å². The maximum atomic E-state index is 14.1. The van der Waals surface area contributed by atoms with E-state index in [1.807, 2.05) is 0 Å². The highest BCUT2D eigenvalue weighted by Crippen LogP contribution is 2.37. The Morgan fingerprint density at radius 3 is 2.42 bits per heavy atom. The lowest BCUT2D eigenvalue weighted by Gasteiger charge is -2.30. The van der Waals surface area contributed by atoms with Gasteiger partial charge in [0.2, 0.25) is 5.91 Å². The van der Waals surface area contributed by atoms with Gasteiger partial charge >= 0.3 is 6.18 Å². The van der Waals surface area contributed by atoms with E-state index < -0.39 is 42.0 Å². The number of amides is 2. The van der Waals surface area contributed by atoms with Crippen molar-refractivity contribution in [2.75, 3.05) is 11.9 Å². The summed E-state index contributed by atoms with van der Waals surface area (Å²) in [6.07, 6.45) is -4.62. The van der Waals surface area contributed by atoms with Crippen molar-refractivity contribution in [1.82, 2.24) is 4.90 Å². The van der Waals surface area contributed by atoms with E-state index in [4.69, 9.17) is 0 Å². The molecule has 1 aliphatic heterocycles. The Bertz CT molecular complexity index is 1150. The minimum absolute atomic E-state index is 0.219. The van der Waals surface area contributed by atoms with Gasteiger partial charge in [-0.15, -0.1) is 0 Å². The summed E-state index contributed by atoms with van der Waals surface area (Å²) in [4.78, 5) is 27.0. The molecule has 158 valence electrons. The molecule has 3 aromatic carbocycles. The molecule has 0 aliphatic carbocycles. The van der Waals surface area contributed by atoms with E-state index in [2.05, 4.69) is 5.32 Å². The maximum absolute atomic E-state index is 14.1. The first-order valence-electron chi connectivity index (χ1n) is 9.36. The van der Waals surface area contributed by atoms with E-state index in [0.717, 1.165) is 23.1 Å².